The van der Waals surface area contributed by atoms with Crippen molar-refractivity contribution in [2.24, 2.45) is 5.92 Å². The molecule has 0 spiro atoms. The number of nitro groups is 1. The summed E-state index contributed by atoms with van der Waals surface area (Å²) in [5.41, 5.74) is 2.06. The van der Waals surface area contributed by atoms with E-state index in [4.69, 9.17) is 4.52 Å². The van der Waals surface area contributed by atoms with E-state index in [1.807, 2.05) is 31.2 Å². The van der Waals surface area contributed by atoms with Crippen molar-refractivity contribution in [3.63, 3.8) is 0 Å². The monoisotopic (exact) mass is 499 g/mol. The smallest absolute Gasteiger partial charge is 0.271 e. The molecule has 0 bridgehead atoms. The number of amides is 1. The molecule has 0 aliphatic carbocycles. The Bertz CT molecular complexity index is 1150. The first-order chi connectivity index (χ1) is 15.4. The first kappa shape index (κ1) is 22.1. The summed E-state index contributed by atoms with van der Waals surface area (Å²) in [5, 5.41) is 18.0. The average Bonchev–Trinajstić information content (AvgIpc) is 3.24. The number of nitrogens with one attached hydrogen (secondary N) is 1. The Morgan fingerprint density at radius 3 is 2.97 bits per heavy atom. The van der Waals surface area contributed by atoms with E-state index >= 15 is 0 Å². The van der Waals surface area contributed by atoms with Gasteiger partial charge in [-0.15, -0.1) is 0 Å². The van der Waals surface area contributed by atoms with Crippen molar-refractivity contribution in [3.8, 4) is 11.4 Å². The predicted octanol–water partition coefficient (Wildman–Crippen LogP) is 4.57. The zero-order chi connectivity index (χ0) is 22.7. The van der Waals surface area contributed by atoms with Gasteiger partial charge in [0.15, 0.2) is 0 Å². The van der Waals surface area contributed by atoms with E-state index in [0.29, 0.717) is 30.5 Å². The maximum Gasteiger partial charge on any atom is 0.271 e. The van der Waals surface area contributed by atoms with Gasteiger partial charge in [0.2, 0.25) is 17.6 Å². The summed E-state index contributed by atoms with van der Waals surface area (Å²) in [6.45, 7) is 3.65. The molecule has 1 N–H and O–H groups in total. The lowest BCUT2D eigenvalue weighted by atomic mass is 9.97. The average molecular weight is 500 g/mol. The zero-order valence-corrected chi connectivity index (χ0v) is 19.0. The van der Waals surface area contributed by atoms with Gasteiger partial charge in [-0.2, -0.15) is 4.98 Å². The van der Waals surface area contributed by atoms with E-state index in [9.17, 15) is 14.9 Å². The summed E-state index contributed by atoms with van der Waals surface area (Å²) >= 11 is 3.44. The van der Waals surface area contributed by atoms with Crippen LogP contribution in [-0.4, -0.2) is 39.0 Å². The summed E-state index contributed by atoms with van der Waals surface area (Å²) in [5.74, 6) is 0.651. The number of halogens is 1. The second-order valence-electron chi connectivity index (χ2n) is 7.84. The molecular weight excluding hydrogens is 478 g/mol. The molecule has 3 aromatic rings. The third-order valence-electron chi connectivity index (χ3n) is 5.48. The number of nitrogens with zero attached hydrogens (tertiary/aromatic N) is 4. The molecule has 1 atom stereocenters. The van der Waals surface area contributed by atoms with Crippen LogP contribution >= 0.6 is 15.9 Å². The van der Waals surface area contributed by atoms with Crippen LogP contribution < -0.4 is 5.32 Å². The van der Waals surface area contributed by atoms with Gasteiger partial charge >= 0.3 is 0 Å². The maximum atomic E-state index is 12.9. The van der Waals surface area contributed by atoms with Crippen LogP contribution in [0.2, 0.25) is 0 Å². The summed E-state index contributed by atoms with van der Waals surface area (Å²) in [6.07, 6.45) is 1.61. The number of anilines is 1. The molecule has 4 rings (SSSR count). The number of aromatic nitrogens is 2. The molecule has 0 saturated carbocycles. The van der Waals surface area contributed by atoms with E-state index in [0.717, 1.165) is 35.0 Å². The Morgan fingerprint density at radius 2 is 2.19 bits per heavy atom. The van der Waals surface area contributed by atoms with Crippen molar-refractivity contribution < 1.29 is 14.2 Å². The second kappa shape index (κ2) is 9.58. The number of hydrogen-bond acceptors (Lipinski definition) is 7. The molecule has 1 aliphatic rings. The maximum absolute atomic E-state index is 12.9. The van der Waals surface area contributed by atoms with Crippen LogP contribution in [0.5, 0.6) is 0 Å². The number of hydrogen-bond donors (Lipinski definition) is 1. The number of piperidine rings is 1. The van der Waals surface area contributed by atoms with Crippen molar-refractivity contribution in [1.29, 1.82) is 0 Å². The van der Waals surface area contributed by atoms with Crippen molar-refractivity contribution in [1.82, 2.24) is 15.0 Å². The fraction of sp³-hybridized carbons (Fsp3) is 0.318. The van der Waals surface area contributed by atoms with Crippen LogP contribution in [0.15, 0.2) is 51.5 Å². The molecule has 2 heterocycles. The molecule has 1 fully saturated rings. The number of carbonyl (C=O) groups excluding carboxylic acids is 1. The zero-order valence-electron chi connectivity index (χ0n) is 17.5. The molecule has 1 saturated heterocycles. The number of rotatable bonds is 6. The highest BCUT2D eigenvalue weighted by molar-refractivity contribution is 9.10. The van der Waals surface area contributed by atoms with Crippen LogP contribution in [0.3, 0.4) is 0 Å². The molecule has 1 aliphatic heterocycles. The molecular formula is C22H22BrN5O4. The van der Waals surface area contributed by atoms with E-state index in [-0.39, 0.29) is 17.5 Å². The molecule has 166 valence electrons. The Hall–Kier alpha value is -3.11. The van der Waals surface area contributed by atoms with E-state index < -0.39 is 4.92 Å². The minimum atomic E-state index is -0.468. The molecule has 1 unspecified atom stereocenters. The van der Waals surface area contributed by atoms with Gasteiger partial charge in [-0.25, -0.2) is 0 Å². The van der Waals surface area contributed by atoms with E-state index in [2.05, 4.69) is 36.3 Å². The second-order valence-corrected chi connectivity index (χ2v) is 8.76. The standard InChI is InChI=1S/C22H22BrN5O4/c1-14-7-8-18(28(30)31)11-19(14)24-22(29)16-5-3-9-27(12-16)13-20-25-21(26-32-20)15-4-2-6-17(23)10-15/h2,4,6-8,10-11,16H,3,5,9,12-13H2,1H3,(H,24,29). The first-order valence-electron chi connectivity index (χ1n) is 10.3. The topological polar surface area (TPSA) is 114 Å². The number of non-ortho nitro benzene ring substituents is 1. The van der Waals surface area contributed by atoms with Gasteiger partial charge < -0.3 is 9.84 Å². The SMILES string of the molecule is Cc1ccc([N+](=O)[O-])cc1NC(=O)C1CCCN(Cc2nc(-c3cccc(Br)c3)no2)C1. The lowest BCUT2D eigenvalue weighted by Gasteiger charge is -2.31. The minimum absolute atomic E-state index is 0.0474. The Labute approximate surface area is 193 Å². The molecule has 10 heteroatoms. The summed E-state index contributed by atoms with van der Waals surface area (Å²) in [6, 6.07) is 12.1. The highest BCUT2D eigenvalue weighted by Crippen LogP contribution is 2.25. The Kier molecular flexibility index (Phi) is 6.61. The van der Waals surface area contributed by atoms with Gasteiger partial charge in [0, 0.05) is 28.7 Å². The third kappa shape index (κ3) is 5.20. The van der Waals surface area contributed by atoms with Crippen molar-refractivity contribution >= 4 is 33.2 Å². The number of benzene rings is 2. The lowest BCUT2D eigenvalue weighted by molar-refractivity contribution is -0.384. The van der Waals surface area contributed by atoms with Gasteiger partial charge in [0.1, 0.15) is 0 Å². The molecule has 32 heavy (non-hydrogen) atoms. The van der Waals surface area contributed by atoms with E-state index in [1.54, 1.807) is 6.07 Å². The van der Waals surface area contributed by atoms with Crippen LogP contribution in [-0.2, 0) is 11.3 Å². The number of aryl methyl sites for hydroxylation is 1. The fourth-order valence-corrected chi connectivity index (χ4v) is 4.16. The van der Waals surface area contributed by atoms with Crippen LogP contribution in [0.25, 0.3) is 11.4 Å². The van der Waals surface area contributed by atoms with Gasteiger partial charge in [0.25, 0.3) is 5.69 Å². The van der Waals surface area contributed by atoms with Crippen LogP contribution in [0.1, 0.15) is 24.3 Å². The summed E-state index contributed by atoms with van der Waals surface area (Å²) in [7, 11) is 0. The number of carbonyl (C=O) groups is 1. The predicted molar refractivity (Wildman–Crippen MR) is 122 cm³/mol. The van der Waals surface area contributed by atoms with Crippen LogP contribution in [0.4, 0.5) is 11.4 Å². The number of nitro benzene ring substituents is 1. The quantitative estimate of drug-likeness (QED) is 0.390. The molecule has 0 radical (unpaired) electrons. The molecule has 9 nitrogen and oxygen atoms in total. The summed E-state index contributed by atoms with van der Waals surface area (Å²) in [4.78, 5) is 30.0. The molecule has 1 amide bonds. The third-order valence-corrected chi connectivity index (χ3v) is 5.97. The largest absolute Gasteiger partial charge is 0.338 e. The van der Waals surface area contributed by atoms with Gasteiger partial charge in [-0.3, -0.25) is 19.8 Å². The Balaban J connectivity index is 1.39. The van der Waals surface area contributed by atoms with Gasteiger partial charge in [0.05, 0.1) is 23.1 Å². The minimum Gasteiger partial charge on any atom is -0.338 e. The van der Waals surface area contributed by atoms with Crippen LogP contribution in [0, 0.1) is 23.0 Å². The Morgan fingerprint density at radius 1 is 1.34 bits per heavy atom. The molecule has 2 aromatic carbocycles. The fourth-order valence-electron chi connectivity index (χ4n) is 3.76. The van der Waals surface area contributed by atoms with E-state index in [1.165, 1.54) is 12.1 Å². The molecule has 1 aromatic heterocycles. The number of likely N-dealkylation sites (tertiary alicyclic amines) is 1. The lowest BCUT2D eigenvalue weighted by Crippen LogP contribution is -2.40. The van der Waals surface area contributed by atoms with Crippen molar-refractivity contribution in [3.05, 3.63) is 68.5 Å². The highest BCUT2D eigenvalue weighted by Gasteiger charge is 2.27. The summed E-state index contributed by atoms with van der Waals surface area (Å²) < 4.78 is 6.36. The van der Waals surface area contributed by atoms with Crippen molar-refractivity contribution in [2.45, 2.75) is 26.3 Å². The van der Waals surface area contributed by atoms with Gasteiger partial charge in [-0.05, 0) is 44.0 Å². The highest BCUT2D eigenvalue weighted by atomic mass is 79.9. The normalized spacial score (nSPS) is 16.6. The van der Waals surface area contributed by atoms with Gasteiger partial charge in [-0.1, -0.05) is 39.3 Å². The first-order valence-corrected chi connectivity index (χ1v) is 11.0. The van der Waals surface area contributed by atoms with Crippen molar-refractivity contribution in [2.75, 3.05) is 18.4 Å².